The third-order valence-electron chi connectivity index (χ3n) is 2.09. The van der Waals surface area contributed by atoms with Crippen LogP contribution in [0, 0.1) is 0 Å². The maximum atomic E-state index is 5.46. The maximum absolute atomic E-state index is 5.46. The summed E-state index contributed by atoms with van der Waals surface area (Å²) in [5.41, 5.74) is 3.39. The molecular weight excluding hydrogens is 164 g/mol. The first kappa shape index (κ1) is 11.7. The van der Waals surface area contributed by atoms with E-state index in [0.29, 0.717) is 0 Å². The second kappa shape index (κ2) is 5.33. The highest BCUT2D eigenvalue weighted by atomic mass is 28.4. The smallest absolute Gasteiger partial charge is 0.213 e. The van der Waals surface area contributed by atoms with Gasteiger partial charge < -0.3 is 4.43 Å². The summed E-state index contributed by atoms with van der Waals surface area (Å²) in [6, 6.07) is 1.14. The fraction of sp³-hybridized carbons (Fsp3) is 0.600. The van der Waals surface area contributed by atoms with Crippen LogP contribution < -0.4 is 0 Å². The zero-order valence-electron chi connectivity index (χ0n) is 8.68. The molecule has 2 heteroatoms. The van der Waals surface area contributed by atoms with Gasteiger partial charge in [0.1, 0.15) is 0 Å². The molecule has 0 radical (unpaired) electrons. The van der Waals surface area contributed by atoms with E-state index in [9.17, 15) is 0 Å². The van der Waals surface area contributed by atoms with Crippen molar-refractivity contribution < 1.29 is 4.43 Å². The standard InChI is InChI=1S/C10H20OSi/c1-6-12(5,11-4)9-7-8-10(2)3/h6,8H,1,7,9H2,2-5H3/t12-/m0/s1. The van der Waals surface area contributed by atoms with Gasteiger partial charge in [-0.2, -0.15) is 0 Å². The Morgan fingerprint density at radius 2 is 2.08 bits per heavy atom. The van der Waals surface area contributed by atoms with Crippen LogP contribution in [0.2, 0.25) is 12.6 Å². The molecule has 0 aliphatic heterocycles. The predicted octanol–water partition coefficient (Wildman–Crippen LogP) is 3.29. The molecule has 0 bridgehead atoms. The molecule has 0 rings (SSSR count). The molecule has 0 saturated carbocycles. The van der Waals surface area contributed by atoms with Crippen LogP contribution in [-0.4, -0.2) is 15.4 Å². The summed E-state index contributed by atoms with van der Waals surface area (Å²) in [5.74, 6) is 0. The number of allylic oxidation sites excluding steroid dienone is 2. The molecule has 1 nitrogen and oxygen atoms in total. The largest absolute Gasteiger partial charge is 0.416 e. The second-order valence-corrected chi connectivity index (χ2v) is 7.48. The van der Waals surface area contributed by atoms with Crippen molar-refractivity contribution in [2.24, 2.45) is 0 Å². The van der Waals surface area contributed by atoms with E-state index in [2.05, 4.69) is 33.0 Å². The minimum atomic E-state index is -1.54. The Bertz CT molecular complexity index is 171. The second-order valence-electron chi connectivity index (χ2n) is 3.54. The predicted molar refractivity (Wildman–Crippen MR) is 57.7 cm³/mol. The third-order valence-corrected chi connectivity index (χ3v) is 5.17. The fourth-order valence-corrected chi connectivity index (χ4v) is 2.23. The van der Waals surface area contributed by atoms with Gasteiger partial charge >= 0.3 is 0 Å². The van der Waals surface area contributed by atoms with E-state index in [1.165, 1.54) is 5.57 Å². The summed E-state index contributed by atoms with van der Waals surface area (Å²) in [7, 11) is 0.243. The van der Waals surface area contributed by atoms with Crippen molar-refractivity contribution in [2.75, 3.05) is 7.11 Å². The summed E-state index contributed by atoms with van der Waals surface area (Å²) < 4.78 is 5.46. The van der Waals surface area contributed by atoms with E-state index in [1.54, 1.807) is 7.11 Å². The van der Waals surface area contributed by atoms with Gasteiger partial charge in [-0.05, 0) is 32.9 Å². The third kappa shape index (κ3) is 4.52. The molecule has 0 aromatic heterocycles. The molecule has 0 saturated heterocycles. The molecule has 1 atom stereocenters. The lowest BCUT2D eigenvalue weighted by atomic mass is 10.3. The Balaban J connectivity index is 3.89. The Morgan fingerprint density at radius 1 is 1.50 bits per heavy atom. The monoisotopic (exact) mass is 184 g/mol. The van der Waals surface area contributed by atoms with Crippen LogP contribution in [0.5, 0.6) is 0 Å². The van der Waals surface area contributed by atoms with Crippen LogP contribution in [0.4, 0.5) is 0 Å². The SMILES string of the molecule is C=C[Si@@](C)(CCC=C(C)C)OC. The molecular formula is C10H20OSi. The van der Waals surface area contributed by atoms with Gasteiger partial charge in [-0.25, -0.2) is 0 Å². The highest BCUT2D eigenvalue weighted by Crippen LogP contribution is 2.14. The lowest BCUT2D eigenvalue weighted by Crippen LogP contribution is -2.29. The van der Waals surface area contributed by atoms with E-state index in [0.717, 1.165) is 12.5 Å². The summed E-state index contributed by atoms with van der Waals surface area (Å²) in [6.07, 6.45) is 3.37. The van der Waals surface area contributed by atoms with Crippen LogP contribution in [0.1, 0.15) is 20.3 Å². The number of hydrogen-bond acceptors (Lipinski definition) is 1. The van der Waals surface area contributed by atoms with Crippen molar-refractivity contribution in [3.63, 3.8) is 0 Å². The van der Waals surface area contributed by atoms with Crippen LogP contribution in [0.25, 0.3) is 0 Å². The number of hydrogen-bond donors (Lipinski definition) is 0. The van der Waals surface area contributed by atoms with Crippen LogP contribution in [0.3, 0.4) is 0 Å². The van der Waals surface area contributed by atoms with Gasteiger partial charge in [-0.3, -0.25) is 0 Å². The zero-order chi connectivity index (χ0) is 9.61. The van der Waals surface area contributed by atoms with Crippen molar-refractivity contribution in [1.29, 1.82) is 0 Å². The van der Waals surface area contributed by atoms with Crippen molar-refractivity contribution in [2.45, 2.75) is 32.9 Å². The van der Waals surface area contributed by atoms with E-state index < -0.39 is 8.32 Å². The van der Waals surface area contributed by atoms with Gasteiger partial charge in [-0.15, -0.1) is 6.58 Å². The van der Waals surface area contributed by atoms with Gasteiger partial charge in [0.15, 0.2) is 0 Å². The highest BCUT2D eigenvalue weighted by Gasteiger charge is 2.21. The molecule has 0 heterocycles. The van der Waals surface area contributed by atoms with Crippen molar-refractivity contribution >= 4 is 8.32 Å². The fourth-order valence-electron chi connectivity index (χ4n) is 0.935. The summed E-state index contributed by atoms with van der Waals surface area (Å²) >= 11 is 0. The quantitative estimate of drug-likeness (QED) is 0.470. The van der Waals surface area contributed by atoms with E-state index >= 15 is 0 Å². The number of rotatable bonds is 5. The lowest BCUT2D eigenvalue weighted by molar-refractivity contribution is 0.408. The molecule has 0 fully saturated rings. The molecule has 0 aromatic carbocycles. The minimum absolute atomic E-state index is 1.12. The Hall–Kier alpha value is -0.343. The van der Waals surface area contributed by atoms with Gasteiger partial charge in [0.05, 0.1) is 0 Å². The van der Waals surface area contributed by atoms with Gasteiger partial charge in [0, 0.05) is 7.11 Å². The molecule has 0 aliphatic rings. The van der Waals surface area contributed by atoms with E-state index in [4.69, 9.17) is 4.43 Å². The Labute approximate surface area is 77.3 Å². The van der Waals surface area contributed by atoms with Crippen molar-refractivity contribution in [3.8, 4) is 0 Å². The molecule has 0 spiro atoms. The molecule has 0 aliphatic carbocycles. The Morgan fingerprint density at radius 3 is 2.42 bits per heavy atom. The van der Waals surface area contributed by atoms with Crippen LogP contribution in [0.15, 0.2) is 23.9 Å². The van der Waals surface area contributed by atoms with E-state index in [1.807, 2.05) is 5.70 Å². The minimum Gasteiger partial charge on any atom is -0.416 e. The zero-order valence-corrected chi connectivity index (χ0v) is 9.68. The average Bonchev–Trinajstić information content (AvgIpc) is 2.03. The first-order valence-electron chi connectivity index (χ1n) is 4.36. The molecule has 12 heavy (non-hydrogen) atoms. The molecule has 70 valence electrons. The molecule has 0 unspecified atom stereocenters. The normalized spacial score (nSPS) is 15.0. The first-order chi connectivity index (χ1) is 5.54. The molecule has 0 amide bonds. The summed E-state index contributed by atoms with van der Waals surface area (Å²) in [5, 5.41) is 0. The lowest BCUT2D eigenvalue weighted by Gasteiger charge is -2.19. The van der Waals surface area contributed by atoms with Crippen LogP contribution in [-0.2, 0) is 4.43 Å². The Kier molecular flexibility index (Phi) is 5.18. The molecule has 0 aromatic rings. The van der Waals surface area contributed by atoms with Crippen molar-refractivity contribution in [1.82, 2.24) is 0 Å². The van der Waals surface area contributed by atoms with Crippen LogP contribution >= 0.6 is 0 Å². The average molecular weight is 184 g/mol. The first-order valence-corrected chi connectivity index (χ1v) is 7.05. The van der Waals surface area contributed by atoms with E-state index in [-0.39, 0.29) is 0 Å². The van der Waals surface area contributed by atoms with Crippen molar-refractivity contribution in [3.05, 3.63) is 23.9 Å². The molecule has 0 N–H and O–H groups in total. The summed E-state index contributed by atoms with van der Waals surface area (Å²) in [4.78, 5) is 0. The maximum Gasteiger partial charge on any atom is 0.213 e. The topological polar surface area (TPSA) is 9.23 Å². The highest BCUT2D eigenvalue weighted by molar-refractivity contribution is 6.77. The van der Waals surface area contributed by atoms with Gasteiger partial charge in [-0.1, -0.05) is 17.3 Å². The summed E-state index contributed by atoms with van der Waals surface area (Å²) in [6.45, 7) is 10.3. The van der Waals surface area contributed by atoms with Gasteiger partial charge in [0.25, 0.3) is 0 Å². The van der Waals surface area contributed by atoms with Gasteiger partial charge in [0.2, 0.25) is 8.32 Å².